The van der Waals surface area contributed by atoms with Gasteiger partial charge in [0.05, 0.1) is 11.1 Å². The van der Waals surface area contributed by atoms with Gasteiger partial charge in [0.1, 0.15) is 0 Å². The highest BCUT2D eigenvalue weighted by Gasteiger charge is 2.47. The van der Waals surface area contributed by atoms with Crippen LogP contribution in [0.1, 0.15) is 22.4 Å². The van der Waals surface area contributed by atoms with Crippen molar-refractivity contribution < 1.29 is 0 Å². The average Bonchev–Trinajstić information content (AvgIpc) is 3.40. The molecule has 1 heteroatoms. The molecule has 1 aromatic heterocycles. The Balaban J connectivity index is 1.39. The van der Waals surface area contributed by atoms with Gasteiger partial charge in [0.25, 0.3) is 0 Å². The summed E-state index contributed by atoms with van der Waals surface area (Å²) >= 11 is 0. The summed E-state index contributed by atoms with van der Waals surface area (Å²) in [5, 5.41) is 7.76. The fourth-order valence-electron chi connectivity index (χ4n) is 7.65. The molecule has 0 radical (unpaired) electrons. The lowest BCUT2D eigenvalue weighted by Gasteiger charge is -2.32. The monoisotopic (exact) mass is 545 g/mol. The molecule has 1 atom stereocenters. The molecule has 1 aliphatic rings. The lowest BCUT2D eigenvalue weighted by molar-refractivity contribution is 0.735. The average molecular weight is 546 g/mol. The Morgan fingerprint density at radius 2 is 0.977 bits per heavy atom. The van der Waals surface area contributed by atoms with Crippen molar-refractivity contribution >= 4 is 32.3 Å². The van der Waals surface area contributed by atoms with E-state index in [2.05, 4.69) is 152 Å². The van der Waals surface area contributed by atoms with Crippen LogP contribution in [0.2, 0.25) is 0 Å². The Morgan fingerprint density at radius 3 is 1.70 bits per heavy atom. The first-order chi connectivity index (χ1) is 21.4. The molecule has 9 rings (SSSR count). The molecule has 0 N–H and O–H groups in total. The van der Waals surface area contributed by atoms with Crippen molar-refractivity contribution in [3.63, 3.8) is 0 Å². The standard InChI is InChI=1S/C42H27N/c1-2-13-29(14-3-1)42(40-23-10-11-26-43-40)38-21-9-8-19-36(38)41-30(20-12-22-39(41)42)28-24-25-35-33-17-5-4-15-31(33)32-16-6-7-18-34(32)37(35)27-28/h1-27H. The van der Waals surface area contributed by atoms with E-state index in [4.69, 9.17) is 4.98 Å². The second-order valence-electron chi connectivity index (χ2n) is 11.5. The summed E-state index contributed by atoms with van der Waals surface area (Å²) in [6, 6.07) is 57.5. The maximum Gasteiger partial charge on any atom is 0.0886 e. The first kappa shape index (κ1) is 24.1. The molecular weight excluding hydrogens is 518 g/mol. The second kappa shape index (κ2) is 9.24. The van der Waals surface area contributed by atoms with Gasteiger partial charge in [0.2, 0.25) is 0 Å². The highest BCUT2D eigenvalue weighted by atomic mass is 14.7. The molecule has 0 saturated carbocycles. The van der Waals surface area contributed by atoms with E-state index in [0.29, 0.717) is 0 Å². The molecule has 0 amide bonds. The molecule has 200 valence electrons. The highest BCUT2D eigenvalue weighted by Crippen LogP contribution is 2.57. The maximum atomic E-state index is 5.01. The van der Waals surface area contributed by atoms with Crippen LogP contribution >= 0.6 is 0 Å². The minimum absolute atomic E-state index is 0.510. The van der Waals surface area contributed by atoms with Crippen LogP contribution in [0, 0.1) is 0 Å². The van der Waals surface area contributed by atoms with E-state index in [1.165, 1.54) is 71.3 Å². The van der Waals surface area contributed by atoms with Crippen molar-refractivity contribution in [2.45, 2.75) is 5.41 Å². The number of benzene rings is 7. The molecular formula is C42H27N. The van der Waals surface area contributed by atoms with Gasteiger partial charge in [-0.2, -0.15) is 0 Å². The lowest BCUT2D eigenvalue weighted by atomic mass is 9.69. The van der Waals surface area contributed by atoms with E-state index in [1.54, 1.807) is 0 Å². The van der Waals surface area contributed by atoms with Crippen molar-refractivity contribution in [1.29, 1.82) is 0 Å². The minimum Gasteiger partial charge on any atom is -0.260 e. The van der Waals surface area contributed by atoms with E-state index < -0.39 is 5.41 Å². The molecule has 1 nitrogen and oxygen atoms in total. The van der Waals surface area contributed by atoms with Gasteiger partial charge < -0.3 is 0 Å². The molecule has 43 heavy (non-hydrogen) atoms. The van der Waals surface area contributed by atoms with Crippen LogP contribution in [0.15, 0.2) is 164 Å². The normalized spacial score (nSPS) is 15.5. The van der Waals surface area contributed by atoms with Crippen molar-refractivity contribution in [3.8, 4) is 22.3 Å². The number of nitrogens with zero attached hydrogens (tertiary/aromatic N) is 1. The van der Waals surface area contributed by atoms with Crippen LogP contribution in [0.3, 0.4) is 0 Å². The van der Waals surface area contributed by atoms with Gasteiger partial charge in [-0.3, -0.25) is 4.98 Å². The Kier molecular flexibility index (Phi) is 5.18. The van der Waals surface area contributed by atoms with Gasteiger partial charge in [-0.05, 0) is 89.5 Å². The molecule has 1 aliphatic carbocycles. The zero-order chi connectivity index (χ0) is 28.4. The van der Waals surface area contributed by atoms with Gasteiger partial charge in [-0.1, -0.05) is 140 Å². The fraction of sp³-hybridized carbons (Fsp3) is 0.0238. The number of pyridine rings is 1. The van der Waals surface area contributed by atoms with E-state index in [1.807, 2.05) is 12.3 Å². The van der Waals surface area contributed by atoms with Crippen molar-refractivity contribution in [3.05, 3.63) is 186 Å². The molecule has 7 aromatic carbocycles. The van der Waals surface area contributed by atoms with Crippen LogP contribution < -0.4 is 0 Å². The summed E-state index contributed by atoms with van der Waals surface area (Å²) in [7, 11) is 0. The van der Waals surface area contributed by atoms with Gasteiger partial charge in [-0.25, -0.2) is 0 Å². The zero-order valence-corrected chi connectivity index (χ0v) is 23.5. The summed E-state index contributed by atoms with van der Waals surface area (Å²) in [4.78, 5) is 5.01. The molecule has 0 bridgehead atoms. The number of aromatic nitrogens is 1. The first-order valence-electron chi connectivity index (χ1n) is 14.9. The largest absolute Gasteiger partial charge is 0.260 e. The summed E-state index contributed by atoms with van der Waals surface area (Å²) in [5.74, 6) is 0. The lowest BCUT2D eigenvalue weighted by Crippen LogP contribution is -2.29. The molecule has 0 fully saturated rings. The van der Waals surface area contributed by atoms with E-state index in [9.17, 15) is 0 Å². The van der Waals surface area contributed by atoms with Crippen LogP contribution in [0.25, 0.3) is 54.6 Å². The third kappa shape index (κ3) is 3.31. The van der Waals surface area contributed by atoms with Crippen molar-refractivity contribution in [2.24, 2.45) is 0 Å². The fourth-order valence-corrected chi connectivity index (χ4v) is 7.65. The number of hydrogen-bond donors (Lipinski definition) is 0. The third-order valence-corrected chi connectivity index (χ3v) is 9.38. The smallest absolute Gasteiger partial charge is 0.0886 e. The summed E-state index contributed by atoms with van der Waals surface area (Å²) in [6.45, 7) is 0. The Bertz CT molecular complexity index is 2260. The molecule has 8 aromatic rings. The van der Waals surface area contributed by atoms with Crippen LogP contribution in [-0.4, -0.2) is 4.98 Å². The SMILES string of the molecule is c1ccc(C2(c3ccccn3)c3ccccc3-c3c(-c4ccc5c6ccccc6c6ccccc6c5c4)cccc32)cc1. The predicted octanol–water partition coefficient (Wildman–Crippen LogP) is 10.6. The van der Waals surface area contributed by atoms with E-state index in [0.717, 1.165) is 5.69 Å². The highest BCUT2D eigenvalue weighted by molar-refractivity contribution is 6.25. The van der Waals surface area contributed by atoms with Gasteiger partial charge >= 0.3 is 0 Å². The summed E-state index contributed by atoms with van der Waals surface area (Å²) in [5.41, 5.74) is 9.35. The van der Waals surface area contributed by atoms with Gasteiger partial charge in [0, 0.05) is 6.20 Å². The van der Waals surface area contributed by atoms with Crippen LogP contribution in [-0.2, 0) is 5.41 Å². The predicted molar refractivity (Wildman–Crippen MR) is 179 cm³/mol. The Labute approximate surface area is 250 Å². The molecule has 0 spiro atoms. The summed E-state index contributed by atoms with van der Waals surface area (Å²) in [6.07, 6.45) is 1.92. The molecule has 0 aliphatic heterocycles. The van der Waals surface area contributed by atoms with E-state index in [-0.39, 0.29) is 0 Å². The maximum absolute atomic E-state index is 5.01. The van der Waals surface area contributed by atoms with Crippen LogP contribution in [0.4, 0.5) is 0 Å². The zero-order valence-electron chi connectivity index (χ0n) is 23.5. The molecule has 0 saturated heterocycles. The first-order valence-corrected chi connectivity index (χ1v) is 14.9. The van der Waals surface area contributed by atoms with E-state index >= 15 is 0 Å². The van der Waals surface area contributed by atoms with Crippen LogP contribution in [0.5, 0.6) is 0 Å². The van der Waals surface area contributed by atoms with Crippen molar-refractivity contribution in [1.82, 2.24) is 4.98 Å². The molecule has 1 heterocycles. The second-order valence-corrected chi connectivity index (χ2v) is 11.5. The Morgan fingerprint density at radius 1 is 0.395 bits per heavy atom. The number of fused-ring (bicyclic) bond motifs is 9. The summed E-state index contributed by atoms with van der Waals surface area (Å²) < 4.78 is 0. The van der Waals surface area contributed by atoms with Gasteiger partial charge in [0.15, 0.2) is 0 Å². The number of rotatable bonds is 3. The van der Waals surface area contributed by atoms with Crippen molar-refractivity contribution in [2.75, 3.05) is 0 Å². The quantitative estimate of drug-likeness (QED) is 0.201. The molecule has 1 unspecified atom stereocenters. The Hall–Kier alpha value is -5.53. The minimum atomic E-state index is -0.510. The number of hydrogen-bond acceptors (Lipinski definition) is 1. The topological polar surface area (TPSA) is 12.9 Å². The third-order valence-electron chi connectivity index (χ3n) is 9.38. The van der Waals surface area contributed by atoms with Gasteiger partial charge in [-0.15, -0.1) is 0 Å².